The van der Waals surface area contributed by atoms with Crippen LogP contribution in [0.4, 0.5) is 21.8 Å². The van der Waals surface area contributed by atoms with E-state index < -0.39 is 0 Å². The van der Waals surface area contributed by atoms with Crippen molar-refractivity contribution in [1.82, 2.24) is 14.9 Å². The fraction of sp³-hybridized carbons (Fsp3) is 0.400. The Kier molecular flexibility index (Phi) is 6.36. The minimum atomic E-state index is -0.186. The van der Waals surface area contributed by atoms with Crippen molar-refractivity contribution in [1.29, 1.82) is 0 Å². The number of aromatic nitrogens is 2. The van der Waals surface area contributed by atoms with Crippen molar-refractivity contribution >= 4 is 34.7 Å². The van der Waals surface area contributed by atoms with Crippen molar-refractivity contribution in [2.75, 3.05) is 61.5 Å². The second-order valence-corrected chi connectivity index (χ2v) is 9.95. The number of para-hydroxylation sites is 1. The molecule has 2 aromatic heterocycles. The van der Waals surface area contributed by atoms with Crippen molar-refractivity contribution in [3.63, 3.8) is 0 Å². The molecular weight excluding hydrogens is 451 g/mol. The summed E-state index contributed by atoms with van der Waals surface area (Å²) in [5.74, 6) is 1.54. The summed E-state index contributed by atoms with van der Waals surface area (Å²) in [5.41, 5.74) is 2.70. The fourth-order valence-electron chi connectivity index (χ4n) is 4.64. The van der Waals surface area contributed by atoms with Crippen molar-refractivity contribution in [2.24, 2.45) is 0 Å². The zero-order chi connectivity index (χ0) is 23.7. The van der Waals surface area contributed by atoms with Crippen molar-refractivity contribution in [3.8, 4) is 0 Å². The SMILES string of the molecule is CN(C)c1nc(N2CCN(c3ccccc3F)CC2)nc2c1CN(C(=O)Cc1cccs1)CC2. The van der Waals surface area contributed by atoms with Gasteiger partial charge in [-0.3, -0.25) is 4.79 Å². The van der Waals surface area contributed by atoms with Crippen LogP contribution in [0.1, 0.15) is 16.1 Å². The maximum absolute atomic E-state index is 14.2. The van der Waals surface area contributed by atoms with Gasteiger partial charge in [0.1, 0.15) is 11.6 Å². The van der Waals surface area contributed by atoms with Crippen LogP contribution in [0.15, 0.2) is 41.8 Å². The van der Waals surface area contributed by atoms with Gasteiger partial charge in [0.05, 0.1) is 24.3 Å². The number of piperazine rings is 1. The fourth-order valence-corrected chi connectivity index (χ4v) is 5.33. The van der Waals surface area contributed by atoms with E-state index in [4.69, 9.17) is 9.97 Å². The lowest BCUT2D eigenvalue weighted by atomic mass is 10.1. The summed E-state index contributed by atoms with van der Waals surface area (Å²) < 4.78 is 14.2. The van der Waals surface area contributed by atoms with Crippen molar-refractivity contribution < 1.29 is 9.18 Å². The Balaban J connectivity index is 1.32. The molecule has 1 fully saturated rings. The highest BCUT2D eigenvalue weighted by Crippen LogP contribution is 2.29. The molecule has 0 N–H and O–H groups in total. The Morgan fingerprint density at radius 3 is 2.50 bits per heavy atom. The van der Waals surface area contributed by atoms with E-state index in [1.54, 1.807) is 17.4 Å². The first-order valence-corrected chi connectivity index (χ1v) is 12.5. The summed E-state index contributed by atoms with van der Waals surface area (Å²) in [6.45, 7) is 4.08. The lowest BCUT2D eigenvalue weighted by Crippen LogP contribution is -2.47. The molecule has 5 rings (SSSR count). The molecule has 34 heavy (non-hydrogen) atoms. The van der Waals surface area contributed by atoms with Crippen LogP contribution in [0.25, 0.3) is 0 Å². The minimum absolute atomic E-state index is 0.145. The summed E-state index contributed by atoms with van der Waals surface area (Å²) in [4.78, 5) is 32.0. The summed E-state index contributed by atoms with van der Waals surface area (Å²) in [6.07, 6.45) is 1.16. The third-order valence-electron chi connectivity index (χ3n) is 6.46. The first kappa shape index (κ1) is 22.6. The van der Waals surface area contributed by atoms with Gasteiger partial charge in [-0.25, -0.2) is 9.37 Å². The van der Waals surface area contributed by atoms with Gasteiger partial charge < -0.3 is 19.6 Å². The number of anilines is 3. The number of hydrogen-bond acceptors (Lipinski definition) is 7. The summed E-state index contributed by atoms with van der Waals surface area (Å²) in [6, 6.07) is 10.9. The molecule has 3 aromatic rings. The van der Waals surface area contributed by atoms with E-state index in [1.165, 1.54) is 6.07 Å². The van der Waals surface area contributed by atoms with Crippen LogP contribution in [0.3, 0.4) is 0 Å². The van der Waals surface area contributed by atoms with Gasteiger partial charge in [-0.05, 0) is 23.6 Å². The van der Waals surface area contributed by atoms with Gasteiger partial charge in [0.15, 0.2) is 0 Å². The predicted molar refractivity (Wildman–Crippen MR) is 134 cm³/mol. The molecule has 178 valence electrons. The highest BCUT2D eigenvalue weighted by atomic mass is 32.1. The topological polar surface area (TPSA) is 55.8 Å². The molecule has 0 spiro atoms. The Labute approximate surface area is 203 Å². The number of amides is 1. The number of benzene rings is 1. The second-order valence-electron chi connectivity index (χ2n) is 8.91. The first-order valence-electron chi connectivity index (χ1n) is 11.6. The molecule has 4 heterocycles. The zero-order valence-corrected chi connectivity index (χ0v) is 20.4. The largest absolute Gasteiger partial charge is 0.366 e. The van der Waals surface area contributed by atoms with Crippen molar-refractivity contribution in [2.45, 2.75) is 19.4 Å². The average Bonchev–Trinajstić information content (AvgIpc) is 3.36. The molecule has 0 bridgehead atoms. The Morgan fingerprint density at radius 1 is 1.03 bits per heavy atom. The maximum atomic E-state index is 14.2. The summed E-state index contributed by atoms with van der Waals surface area (Å²) >= 11 is 1.62. The molecule has 2 aliphatic heterocycles. The Morgan fingerprint density at radius 2 is 1.79 bits per heavy atom. The number of thiophene rings is 1. The van der Waals surface area contributed by atoms with Gasteiger partial charge in [0, 0.05) is 63.7 Å². The van der Waals surface area contributed by atoms with Gasteiger partial charge >= 0.3 is 0 Å². The maximum Gasteiger partial charge on any atom is 0.228 e. The van der Waals surface area contributed by atoms with Gasteiger partial charge in [0.25, 0.3) is 0 Å². The number of carbonyl (C=O) groups excluding carboxylic acids is 1. The van der Waals surface area contributed by atoms with Gasteiger partial charge in [-0.15, -0.1) is 11.3 Å². The molecule has 2 aliphatic rings. The van der Waals surface area contributed by atoms with Crippen LogP contribution < -0.4 is 14.7 Å². The second kappa shape index (κ2) is 9.58. The van der Waals surface area contributed by atoms with E-state index in [0.717, 1.165) is 41.5 Å². The third kappa shape index (κ3) is 4.57. The minimum Gasteiger partial charge on any atom is -0.366 e. The molecule has 9 heteroatoms. The number of carbonyl (C=O) groups is 1. The number of hydrogen-bond donors (Lipinski definition) is 0. The third-order valence-corrected chi connectivity index (χ3v) is 7.34. The smallest absolute Gasteiger partial charge is 0.228 e. The molecule has 0 unspecified atom stereocenters. The van der Waals surface area contributed by atoms with Gasteiger partial charge in [-0.2, -0.15) is 4.98 Å². The van der Waals surface area contributed by atoms with Crippen LogP contribution >= 0.6 is 11.3 Å². The molecule has 0 saturated carbocycles. The van der Waals surface area contributed by atoms with Crippen LogP contribution in [-0.4, -0.2) is 67.6 Å². The van der Waals surface area contributed by atoms with E-state index in [1.807, 2.05) is 53.5 Å². The Bertz CT molecular complexity index is 1160. The summed E-state index contributed by atoms with van der Waals surface area (Å²) in [5, 5.41) is 2.00. The molecule has 0 radical (unpaired) electrons. The normalized spacial score (nSPS) is 15.9. The highest BCUT2D eigenvalue weighted by Gasteiger charge is 2.28. The van der Waals surface area contributed by atoms with Crippen LogP contribution in [0.5, 0.6) is 0 Å². The van der Waals surface area contributed by atoms with Crippen LogP contribution in [0, 0.1) is 5.82 Å². The molecule has 0 atom stereocenters. The number of fused-ring (bicyclic) bond motifs is 1. The highest BCUT2D eigenvalue weighted by molar-refractivity contribution is 7.10. The average molecular weight is 481 g/mol. The van der Waals surface area contributed by atoms with E-state index in [9.17, 15) is 9.18 Å². The molecule has 0 aliphatic carbocycles. The predicted octanol–water partition coefficient (Wildman–Crippen LogP) is 3.20. The Hall–Kier alpha value is -3.20. The molecule has 1 aromatic carbocycles. The summed E-state index contributed by atoms with van der Waals surface area (Å²) in [7, 11) is 3.96. The molecule has 7 nitrogen and oxygen atoms in total. The van der Waals surface area contributed by atoms with Crippen molar-refractivity contribution in [3.05, 3.63) is 63.7 Å². The quantitative estimate of drug-likeness (QED) is 0.559. The van der Waals surface area contributed by atoms with Gasteiger partial charge in [-0.1, -0.05) is 18.2 Å². The molecule has 1 saturated heterocycles. The van der Waals surface area contributed by atoms with E-state index in [-0.39, 0.29) is 11.7 Å². The lowest BCUT2D eigenvalue weighted by molar-refractivity contribution is -0.131. The number of nitrogens with zero attached hydrogens (tertiary/aromatic N) is 6. The number of halogens is 1. The standard InChI is InChI=1S/C25H29FN6OS/c1-29(2)24-19-17-32(23(33)16-18-6-5-15-34-18)10-9-21(19)27-25(28-24)31-13-11-30(12-14-31)22-8-4-3-7-20(22)26/h3-8,15H,9-14,16-17H2,1-2H3. The number of rotatable bonds is 5. The van der Waals surface area contributed by atoms with E-state index in [2.05, 4.69) is 9.80 Å². The lowest BCUT2D eigenvalue weighted by Gasteiger charge is -2.37. The van der Waals surface area contributed by atoms with Crippen LogP contribution in [-0.2, 0) is 24.2 Å². The van der Waals surface area contributed by atoms with E-state index >= 15 is 0 Å². The molecular formula is C25H29FN6OS. The van der Waals surface area contributed by atoms with Gasteiger partial charge in [0.2, 0.25) is 11.9 Å². The van der Waals surface area contributed by atoms with E-state index in [0.29, 0.717) is 44.2 Å². The zero-order valence-electron chi connectivity index (χ0n) is 19.6. The monoisotopic (exact) mass is 480 g/mol. The van der Waals surface area contributed by atoms with Crippen LogP contribution in [0.2, 0.25) is 0 Å². The first-order chi connectivity index (χ1) is 16.5. The molecule has 1 amide bonds.